The molecule has 0 unspecified atom stereocenters. The first-order valence-corrected chi connectivity index (χ1v) is 8.02. The van der Waals surface area contributed by atoms with Gasteiger partial charge in [0.1, 0.15) is 17.7 Å². The highest BCUT2D eigenvalue weighted by Crippen LogP contribution is 2.38. The number of hydrogen-bond donors (Lipinski definition) is 0. The molecule has 0 saturated carbocycles. The summed E-state index contributed by atoms with van der Waals surface area (Å²) in [6.07, 6.45) is 1.63. The highest BCUT2D eigenvalue weighted by molar-refractivity contribution is 6.01. The van der Waals surface area contributed by atoms with E-state index in [0.29, 0.717) is 26.2 Å². The summed E-state index contributed by atoms with van der Waals surface area (Å²) in [6.45, 7) is 2.18. The maximum absolute atomic E-state index is 14.6. The molecular formula is C17H14F2N4O2. The van der Waals surface area contributed by atoms with Gasteiger partial charge >= 0.3 is 0 Å². The first-order valence-electron chi connectivity index (χ1n) is 8.02. The van der Waals surface area contributed by atoms with Gasteiger partial charge < -0.3 is 9.64 Å². The zero-order valence-electron chi connectivity index (χ0n) is 13.3. The van der Waals surface area contributed by atoms with Crippen molar-refractivity contribution in [3.63, 3.8) is 0 Å². The summed E-state index contributed by atoms with van der Waals surface area (Å²) < 4.78 is 35.7. The lowest BCUT2D eigenvalue weighted by atomic mass is 10.0. The van der Waals surface area contributed by atoms with Crippen LogP contribution in [0.4, 0.5) is 8.78 Å². The maximum atomic E-state index is 14.6. The summed E-state index contributed by atoms with van der Waals surface area (Å²) in [7, 11) is 0. The molecule has 0 bridgehead atoms. The van der Waals surface area contributed by atoms with Gasteiger partial charge in [-0.1, -0.05) is 0 Å². The molecule has 2 aromatic rings. The third kappa shape index (κ3) is 2.43. The van der Waals surface area contributed by atoms with Crippen LogP contribution in [0.2, 0.25) is 0 Å². The first-order chi connectivity index (χ1) is 12.1. The SMILES string of the molecule is N#Cc1cc(F)c(-c2c(C(=O)N3CCC3)nn3c2OCCC3)cc1F. The fourth-order valence-corrected chi connectivity index (χ4v) is 3.01. The third-order valence-electron chi connectivity index (χ3n) is 4.45. The van der Waals surface area contributed by atoms with Crippen LogP contribution in [-0.4, -0.2) is 40.3 Å². The average Bonchev–Trinajstić information content (AvgIpc) is 2.94. The van der Waals surface area contributed by atoms with Crippen LogP contribution in [0.1, 0.15) is 28.9 Å². The van der Waals surface area contributed by atoms with Crippen molar-refractivity contribution in [1.82, 2.24) is 14.7 Å². The molecule has 1 fully saturated rings. The molecule has 2 aliphatic heterocycles. The Morgan fingerprint density at radius 1 is 1.20 bits per heavy atom. The number of rotatable bonds is 2. The molecule has 0 spiro atoms. The Labute approximate surface area is 142 Å². The van der Waals surface area contributed by atoms with Crippen LogP contribution in [0, 0.1) is 23.0 Å². The number of carbonyl (C=O) groups is 1. The van der Waals surface area contributed by atoms with E-state index < -0.39 is 11.6 Å². The van der Waals surface area contributed by atoms with Gasteiger partial charge in [-0.05, 0) is 18.6 Å². The van der Waals surface area contributed by atoms with E-state index >= 15 is 0 Å². The molecular weight excluding hydrogens is 330 g/mol. The summed E-state index contributed by atoms with van der Waals surface area (Å²) in [5, 5.41) is 13.1. The third-order valence-corrected chi connectivity index (χ3v) is 4.45. The van der Waals surface area contributed by atoms with Crippen molar-refractivity contribution in [2.45, 2.75) is 19.4 Å². The first kappa shape index (κ1) is 15.6. The van der Waals surface area contributed by atoms with Crippen LogP contribution in [0.3, 0.4) is 0 Å². The molecule has 0 N–H and O–H groups in total. The van der Waals surface area contributed by atoms with Crippen molar-refractivity contribution < 1.29 is 18.3 Å². The fourth-order valence-electron chi connectivity index (χ4n) is 3.01. The van der Waals surface area contributed by atoms with E-state index in [2.05, 4.69) is 5.10 Å². The molecule has 0 aliphatic carbocycles. The minimum atomic E-state index is -0.850. The van der Waals surface area contributed by atoms with Crippen LogP contribution >= 0.6 is 0 Å². The monoisotopic (exact) mass is 344 g/mol. The number of halogens is 2. The average molecular weight is 344 g/mol. The maximum Gasteiger partial charge on any atom is 0.275 e. The molecule has 0 radical (unpaired) electrons. The van der Waals surface area contributed by atoms with Gasteiger partial charge in [0.25, 0.3) is 5.91 Å². The molecule has 3 heterocycles. The van der Waals surface area contributed by atoms with Crippen molar-refractivity contribution in [2.75, 3.05) is 19.7 Å². The number of nitriles is 1. The molecule has 0 atom stereocenters. The van der Waals surface area contributed by atoms with E-state index in [-0.39, 0.29) is 34.2 Å². The van der Waals surface area contributed by atoms with Crippen molar-refractivity contribution in [3.05, 3.63) is 35.0 Å². The number of amides is 1. The number of ether oxygens (including phenoxy) is 1. The topological polar surface area (TPSA) is 71.2 Å². The molecule has 4 rings (SSSR count). The van der Waals surface area contributed by atoms with Gasteiger partial charge in [-0.15, -0.1) is 0 Å². The van der Waals surface area contributed by atoms with Crippen LogP contribution in [0.5, 0.6) is 5.88 Å². The van der Waals surface area contributed by atoms with Crippen molar-refractivity contribution in [2.24, 2.45) is 0 Å². The second kappa shape index (κ2) is 5.84. The summed E-state index contributed by atoms with van der Waals surface area (Å²) in [5.74, 6) is -1.70. The second-order valence-corrected chi connectivity index (χ2v) is 6.02. The smallest absolute Gasteiger partial charge is 0.275 e. The molecule has 1 aromatic carbocycles. The Morgan fingerprint density at radius 3 is 2.68 bits per heavy atom. The molecule has 2 aliphatic rings. The molecule has 8 heteroatoms. The normalized spacial score (nSPS) is 15.8. The number of carbonyl (C=O) groups excluding carboxylic acids is 1. The molecule has 128 valence electrons. The standard InChI is InChI=1S/C17H14F2N4O2/c18-12-8-11(13(19)7-10(12)9-20)14-15(16(24)22-3-1-4-22)21-23-5-2-6-25-17(14)23/h7-8H,1-6H2. The summed E-state index contributed by atoms with van der Waals surface area (Å²) in [6, 6.07) is 3.36. The van der Waals surface area contributed by atoms with Gasteiger partial charge in [0, 0.05) is 31.6 Å². The lowest BCUT2D eigenvalue weighted by Gasteiger charge is -2.30. The summed E-state index contributed by atoms with van der Waals surface area (Å²) >= 11 is 0. The Bertz CT molecular complexity index is 912. The fraction of sp³-hybridized carbons (Fsp3) is 0.353. The van der Waals surface area contributed by atoms with E-state index in [1.54, 1.807) is 11.0 Å². The lowest BCUT2D eigenvalue weighted by molar-refractivity contribution is 0.0645. The van der Waals surface area contributed by atoms with Gasteiger partial charge in [-0.2, -0.15) is 10.4 Å². The number of hydrogen-bond acceptors (Lipinski definition) is 4. The van der Waals surface area contributed by atoms with Crippen LogP contribution < -0.4 is 4.74 Å². The van der Waals surface area contributed by atoms with Crippen molar-refractivity contribution in [3.8, 4) is 23.1 Å². The second-order valence-electron chi connectivity index (χ2n) is 6.02. The number of aryl methyl sites for hydroxylation is 1. The molecule has 1 saturated heterocycles. The van der Waals surface area contributed by atoms with E-state index in [9.17, 15) is 13.6 Å². The minimum absolute atomic E-state index is 0.0552. The molecule has 1 aromatic heterocycles. The van der Waals surface area contributed by atoms with Crippen LogP contribution in [0.25, 0.3) is 11.1 Å². The van der Waals surface area contributed by atoms with E-state index in [1.165, 1.54) is 4.68 Å². The van der Waals surface area contributed by atoms with Gasteiger partial charge in [-0.25, -0.2) is 13.5 Å². The highest BCUT2D eigenvalue weighted by atomic mass is 19.1. The van der Waals surface area contributed by atoms with E-state index in [4.69, 9.17) is 10.00 Å². The predicted octanol–water partition coefficient (Wildman–Crippen LogP) is 2.33. The number of aromatic nitrogens is 2. The van der Waals surface area contributed by atoms with Crippen LogP contribution in [0.15, 0.2) is 12.1 Å². The van der Waals surface area contributed by atoms with Gasteiger partial charge in [0.05, 0.1) is 17.7 Å². The summed E-state index contributed by atoms with van der Waals surface area (Å²) in [5.41, 5.74) is -0.306. The van der Waals surface area contributed by atoms with Gasteiger partial charge in [0.15, 0.2) is 5.69 Å². The Kier molecular flexibility index (Phi) is 3.64. The van der Waals surface area contributed by atoms with Crippen molar-refractivity contribution >= 4 is 5.91 Å². The molecule has 25 heavy (non-hydrogen) atoms. The number of fused-ring (bicyclic) bond motifs is 1. The largest absolute Gasteiger partial charge is 0.477 e. The molecule has 6 nitrogen and oxygen atoms in total. The molecule has 1 amide bonds. The zero-order chi connectivity index (χ0) is 17.6. The highest BCUT2D eigenvalue weighted by Gasteiger charge is 2.33. The van der Waals surface area contributed by atoms with E-state index in [1.807, 2.05) is 0 Å². The summed E-state index contributed by atoms with van der Waals surface area (Å²) in [4.78, 5) is 14.3. The Hall–Kier alpha value is -2.95. The van der Waals surface area contributed by atoms with E-state index in [0.717, 1.165) is 25.0 Å². The quantitative estimate of drug-likeness (QED) is 0.838. The lowest BCUT2D eigenvalue weighted by Crippen LogP contribution is -2.42. The Morgan fingerprint density at radius 2 is 2.00 bits per heavy atom. The number of benzene rings is 1. The number of nitrogens with zero attached hydrogens (tertiary/aromatic N) is 4. The van der Waals surface area contributed by atoms with Crippen LogP contribution in [-0.2, 0) is 6.54 Å². The van der Waals surface area contributed by atoms with Gasteiger partial charge in [0.2, 0.25) is 5.88 Å². The van der Waals surface area contributed by atoms with Gasteiger partial charge in [-0.3, -0.25) is 4.79 Å². The van der Waals surface area contributed by atoms with Crippen molar-refractivity contribution in [1.29, 1.82) is 5.26 Å². The number of likely N-dealkylation sites (tertiary alicyclic amines) is 1. The Balaban J connectivity index is 1.91. The predicted molar refractivity (Wildman–Crippen MR) is 82.9 cm³/mol. The minimum Gasteiger partial charge on any atom is -0.477 e. The zero-order valence-corrected chi connectivity index (χ0v) is 13.3.